The van der Waals surface area contributed by atoms with Gasteiger partial charge in [0.2, 0.25) is 0 Å². The zero-order valence-corrected chi connectivity index (χ0v) is 8.69. The summed E-state index contributed by atoms with van der Waals surface area (Å²) >= 11 is 0. The minimum Gasteiger partial charge on any atom is -0.477 e. The van der Waals surface area contributed by atoms with Crippen LogP contribution in [0.25, 0.3) is 11.3 Å². The molecular weight excluding hydrogens is 206 g/mol. The van der Waals surface area contributed by atoms with E-state index in [0.29, 0.717) is 5.69 Å². The quantitative estimate of drug-likeness (QED) is 0.732. The van der Waals surface area contributed by atoms with Crippen molar-refractivity contribution in [1.82, 2.24) is 10.2 Å². The first kappa shape index (κ1) is 10.2. The number of rotatable bonds is 3. The number of hydrogen-bond donors (Lipinski definition) is 3. The van der Waals surface area contributed by atoms with Gasteiger partial charge in [0.1, 0.15) is 5.69 Å². The van der Waals surface area contributed by atoms with Crippen molar-refractivity contribution in [3.63, 3.8) is 0 Å². The zero-order chi connectivity index (χ0) is 11.5. The van der Waals surface area contributed by atoms with Crippen molar-refractivity contribution in [2.45, 2.75) is 0 Å². The molecule has 0 aliphatic carbocycles. The number of anilines is 1. The van der Waals surface area contributed by atoms with Gasteiger partial charge in [0, 0.05) is 18.3 Å². The number of aromatic carboxylic acids is 1. The largest absolute Gasteiger partial charge is 0.477 e. The first-order chi connectivity index (χ1) is 7.70. The molecule has 0 bridgehead atoms. The summed E-state index contributed by atoms with van der Waals surface area (Å²) in [5.74, 6) is -1.01. The lowest BCUT2D eigenvalue weighted by atomic mass is 10.1. The SMILES string of the molecule is CNc1ccc(-c2cc(C(=O)O)[nH]n2)cc1. The summed E-state index contributed by atoms with van der Waals surface area (Å²) in [6, 6.07) is 9.09. The van der Waals surface area contributed by atoms with Crippen LogP contribution in [0, 0.1) is 0 Å². The highest BCUT2D eigenvalue weighted by Gasteiger charge is 2.08. The highest BCUT2D eigenvalue weighted by molar-refractivity contribution is 5.86. The molecule has 0 unspecified atom stereocenters. The van der Waals surface area contributed by atoms with Crippen LogP contribution in [0.5, 0.6) is 0 Å². The third kappa shape index (κ3) is 1.88. The Morgan fingerprint density at radius 3 is 2.56 bits per heavy atom. The number of nitrogens with one attached hydrogen (secondary N) is 2. The molecule has 0 aliphatic rings. The molecule has 5 nitrogen and oxygen atoms in total. The van der Waals surface area contributed by atoms with Gasteiger partial charge in [0.15, 0.2) is 0 Å². The van der Waals surface area contributed by atoms with Crippen LogP contribution in [-0.4, -0.2) is 28.3 Å². The van der Waals surface area contributed by atoms with Crippen LogP contribution in [0.2, 0.25) is 0 Å². The van der Waals surface area contributed by atoms with Gasteiger partial charge < -0.3 is 10.4 Å². The van der Waals surface area contributed by atoms with Gasteiger partial charge in [-0.25, -0.2) is 4.79 Å². The fourth-order valence-corrected chi connectivity index (χ4v) is 1.39. The second-order valence-electron chi connectivity index (χ2n) is 3.30. The number of benzene rings is 1. The van der Waals surface area contributed by atoms with Crippen LogP contribution in [0.15, 0.2) is 30.3 Å². The molecule has 0 aliphatic heterocycles. The first-order valence-corrected chi connectivity index (χ1v) is 4.77. The number of nitrogens with zero attached hydrogens (tertiary/aromatic N) is 1. The summed E-state index contributed by atoms with van der Waals surface area (Å²) in [5.41, 5.74) is 2.59. The molecule has 0 spiro atoms. The van der Waals surface area contributed by atoms with Gasteiger partial charge in [-0.05, 0) is 18.2 Å². The number of carboxylic acid groups (broad SMARTS) is 1. The normalized spacial score (nSPS) is 10.1. The predicted molar refractivity (Wildman–Crippen MR) is 60.5 cm³/mol. The molecule has 0 saturated carbocycles. The number of aromatic nitrogens is 2. The van der Waals surface area contributed by atoms with Gasteiger partial charge >= 0.3 is 5.97 Å². The lowest BCUT2D eigenvalue weighted by Gasteiger charge is -2.00. The number of carboxylic acids is 1. The molecule has 0 fully saturated rings. The van der Waals surface area contributed by atoms with Gasteiger partial charge in [0.05, 0.1) is 5.69 Å². The average molecular weight is 217 g/mol. The minimum atomic E-state index is -1.01. The Bertz CT molecular complexity index is 502. The van der Waals surface area contributed by atoms with Crippen LogP contribution < -0.4 is 5.32 Å². The molecule has 5 heteroatoms. The monoisotopic (exact) mass is 217 g/mol. The maximum absolute atomic E-state index is 10.7. The molecule has 1 aromatic carbocycles. The molecule has 1 aromatic heterocycles. The second-order valence-corrected chi connectivity index (χ2v) is 3.30. The van der Waals surface area contributed by atoms with E-state index in [-0.39, 0.29) is 5.69 Å². The summed E-state index contributed by atoms with van der Waals surface area (Å²) in [7, 11) is 1.84. The zero-order valence-electron chi connectivity index (χ0n) is 8.69. The highest BCUT2D eigenvalue weighted by atomic mass is 16.4. The molecule has 1 heterocycles. The first-order valence-electron chi connectivity index (χ1n) is 4.77. The number of aromatic amines is 1. The van der Waals surface area contributed by atoms with Crippen LogP contribution >= 0.6 is 0 Å². The van der Waals surface area contributed by atoms with Gasteiger partial charge in [0.25, 0.3) is 0 Å². The molecule has 2 aromatic rings. The Hall–Kier alpha value is -2.30. The standard InChI is InChI=1S/C11H11N3O2/c1-12-8-4-2-7(3-5-8)9-6-10(11(15)16)14-13-9/h2-6,12H,1H3,(H,13,14)(H,15,16). The van der Waals surface area contributed by atoms with Crippen molar-refractivity contribution in [1.29, 1.82) is 0 Å². The Morgan fingerprint density at radius 1 is 1.38 bits per heavy atom. The summed E-state index contributed by atoms with van der Waals surface area (Å²) in [5, 5.41) is 18.2. The van der Waals surface area contributed by atoms with Crippen molar-refractivity contribution in [3.8, 4) is 11.3 Å². The van der Waals surface area contributed by atoms with Crippen LogP contribution in [0.1, 0.15) is 10.5 Å². The van der Waals surface area contributed by atoms with Gasteiger partial charge in [-0.2, -0.15) is 5.10 Å². The Morgan fingerprint density at radius 2 is 2.06 bits per heavy atom. The van der Waals surface area contributed by atoms with E-state index in [4.69, 9.17) is 5.11 Å². The molecular formula is C11H11N3O2. The lowest BCUT2D eigenvalue weighted by Crippen LogP contribution is -1.95. The van der Waals surface area contributed by atoms with E-state index >= 15 is 0 Å². The summed E-state index contributed by atoms with van der Waals surface area (Å²) in [4.78, 5) is 10.7. The molecule has 16 heavy (non-hydrogen) atoms. The Labute approximate surface area is 92.1 Å². The predicted octanol–water partition coefficient (Wildman–Crippen LogP) is 1.82. The smallest absolute Gasteiger partial charge is 0.353 e. The van der Waals surface area contributed by atoms with Crippen molar-refractivity contribution in [2.75, 3.05) is 12.4 Å². The molecule has 82 valence electrons. The summed E-state index contributed by atoms with van der Waals surface area (Å²) in [6.45, 7) is 0. The third-order valence-electron chi connectivity index (χ3n) is 2.28. The van der Waals surface area contributed by atoms with E-state index in [0.717, 1.165) is 11.3 Å². The summed E-state index contributed by atoms with van der Waals surface area (Å²) in [6.07, 6.45) is 0. The van der Waals surface area contributed by atoms with Crippen LogP contribution in [0.4, 0.5) is 5.69 Å². The van der Waals surface area contributed by atoms with Crippen molar-refractivity contribution in [2.24, 2.45) is 0 Å². The van der Waals surface area contributed by atoms with E-state index in [9.17, 15) is 4.79 Å². The van der Waals surface area contributed by atoms with E-state index in [1.165, 1.54) is 6.07 Å². The minimum absolute atomic E-state index is 0.0905. The van der Waals surface area contributed by atoms with Crippen molar-refractivity contribution >= 4 is 11.7 Å². The Balaban J connectivity index is 2.31. The average Bonchev–Trinajstić information content (AvgIpc) is 2.78. The molecule has 0 radical (unpaired) electrons. The second kappa shape index (κ2) is 4.06. The molecule has 0 amide bonds. The van der Waals surface area contributed by atoms with E-state index in [2.05, 4.69) is 15.5 Å². The summed E-state index contributed by atoms with van der Waals surface area (Å²) < 4.78 is 0. The molecule has 2 rings (SSSR count). The van der Waals surface area contributed by atoms with Crippen LogP contribution in [-0.2, 0) is 0 Å². The van der Waals surface area contributed by atoms with E-state index in [1.807, 2.05) is 31.3 Å². The van der Waals surface area contributed by atoms with Gasteiger partial charge in [-0.1, -0.05) is 12.1 Å². The molecule has 0 atom stereocenters. The lowest BCUT2D eigenvalue weighted by molar-refractivity contribution is 0.0690. The number of hydrogen-bond acceptors (Lipinski definition) is 3. The fraction of sp³-hybridized carbons (Fsp3) is 0.0909. The van der Waals surface area contributed by atoms with Gasteiger partial charge in [-0.3, -0.25) is 5.10 Å². The molecule has 3 N–H and O–H groups in total. The fourth-order valence-electron chi connectivity index (χ4n) is 1.39. The topological polar surface area (TPSA) is 78.0 Å². The third-order valence-corrected chi connectivity index (χ3v) is 2.28. The maximum atomic E-state index is 10.7. The highest BCUT2D eigenvalue weighted by Crippen LogP contribution is 2.19. The van der Waals surface area contributed by atoms with E-state index < -0.39 is 5.97 Å². The maximum Gasteiger partial charge on any atom is 0.353 e. The van der Waals surface area contributed by atoms with Gasteiger partial charge in [-0.15, -0.1) is 0 Å². The molecule has 0 saturated heterocycles. The van der Waals surface area contributed by atoms with Crippen molar-refractivity contribution in [3.05, 3.63) is 36.0 Å². The number of H-pyrrole nitrogens is 1. The van der Waals surface area contributed by atoms with Crippen molar-refractivity contribution < 1.29 is 9.90 Å². The van der Waals surface area contributed by atoms with E-state index in [1.54, 1.807) is 0 Å². The number of carbonyl (C=O) groups is 1. The Kier molecular flexibility index (Phi) is 2.59. The van der Waals surface area contributed by atoms with Crippen LogP contribution in [0.3, 0.4) is 0 Å².